The Morgan fingerprint density at radius 3 is 2.62 bits per heavy atom. The van der Waals surface area contributed by atoms with E-state index in [2.05, 4.69) is 18.7 Å². The van der Waals surface area contributed by atoms with Crippen molar-refractivity contribution < 1.29 is 9.47 Å². The van der Waals surface area contributed by atoms with Gasteiger partial charge >= 0.3 is 0 Å². The molecule has 2 N–H and O–H groups in total. The lowest BCUT2D eigenvalue weighted by Gasteiger charge is -2.48. The molecule has 1 spiro atoms. The Hall–Kier alpha value is 0.230. The van der Waals surface area contributed by atoms with Gasteiger partial charge < -0.3 is 15.2 Å². The van der Waals surface area contributed by atoms with Crippen LogP contribution in [0.3, 0.4) is 0 Å². The maximum absolute atomic E-state index is 6.78. The highest BCUT2D eigenvalue weighted by Crippen LogP contribution is 2.45. The van der Waals surface area contributed by atoms with Crippen LogP contribution < -0.4 is 5.73 Å². The van der Waals surface area contributed by atoms with Gasteiger partial charge in [-0.2, -0.15) is 11.8 Å². The van der Waals surface area contributed by atoms with Crippen molar-refractivity contribution in [3.63, 3.8) is 0 Å². The fourth-order valence-electron chi connectivity index (χ4n) is 4.73. The molecule has 4 heteroatoms. The van der Waals surface area contributed by atoms with Gasteiger partial charge in [-0.3, -0.25) is 0 Å². The Kier molecular flexibility index (Phi) is 5.19. The second-order valence-corrected chi connectivity index (χ2v) is 8.35. The Labute approximate surface area is 133 Å². The van der Waals surface area contributed by atoms with E-state index in [1.807, 2.05) is 0 Å². The molecule has 0 aromatic rings. The quantitative estimate of drug-likeness (QED) is 0.864. The van der Waals surface area contributed by atoms with Crippen molar-refractivity contribution in [1.82, 2.24) is 0 Å². The predicted octanol–water partition coefficient (Wildman–Crippen LogP) is 3.36. The fourth-order valence-corrected chi connectivity index (χ4v) is 5.97. The molecule has 1 saturated carbocycles. The number of ether oxygens (including phenoxy) is 2. The van der Waals surface area contributed by atoms with Gasteiger partial charge in [-0.05, 0) is 62.9 Å². The zero-order valence-corrected chi connectivity index (χ0v) is 14.3. The average molecular weight is 314 g/mol. The van der Waals surface area contributed by atoms with Crippen LogP contribution in [0.2, 0.25) is 0 Å². The largest absolute Gasteiger partial charge is 0.375 e. The summed E-state index contributed by atoms with van der Waals surface area (Å²) in [6, 6.07) is 0.190. The Balaban J connectivity index is 1.69. The van der Waals surface area contributed by atoms with Crippen LogP contribution in [-0.4, -0.2) is 42.0 Å². The second kappa shape index (κ2) is 6.77. The number of thioether (sulfide) groups is 1. The molecule has 0 amide bonds. The third kappa shape index (κ3) is 3.29. The molecule has 2 atom stereocenters. The molecule has 2 saturated heterocycles. The molecular weight excluding hydrogens is 282 g/mol. The summed E-state index contributed by atoms with van der Waals surface area (Å²) in [6.07, 6.45) is 9.56. The van der Waals surface area contributed by atoms with Gasteiger partial charge in [0.2, 0.25) is 0 Å². The fraction of sp³-hybridized carbons (Fsp3) is 1.00. The summed E-state index contributed by atoms with van der Waals surface area (Å²) in [4.78, 5) is 0. The third-order valence-electron chi connectivity index (χ3n) is 5.93. The van der Waals surface area contributed by atoms with Gasteiger partial charge in [-0.25, -0.2) is 0 Å². The average Bonchev–Trinajstić information content (AvgIpc) is 2.97. The van der Waals surface area contributed by atoms with E-state index >= 15 is 0 Å². The summed E-state index contributed by atoms with van der Waals surface area (Å²) in [5.41, 5.74) is 6.88. The highest BCUT2D eigenvalue weighted by molar-refractivity contribution is 7.99. The predicted molar refractivity (Wildman–Crippen MR) is 88.8 cm³/mol. The lowest BCUT2D eigenvalue weighted by atomic mass is 9.73. The summed E-state index contributed by atoms with van der Waals surface area (Å²) in [6.45, 7) is 3.79. The van der Waals surface area contributed by atoms with Crippen molar-refractivity contribution in [2.45, 2.75) is 75.5 Å². The van der Waals surface area contributed by atoms with Gasteiger partial charge in [-0.15, -0.1) is 0 Å². The first-order valence-electron chi connectivity index (χ1n) is 8.81. The van der Waals surface area contributed by atoms with Gasteiger partial charge in [0.15, 0.2) is 0 Å². The number of hydrogen-bond acceptors (Lipinski definition) is 4. The molecule has 21 heavy (non-hydrogen) atoms. The lowest BCUT2D eigenvalue weighted by Crippen LogP contribution is -2.56. The lowest BCUT2D eigenvalue weighted by molar-refractivity contribution is -0.129. The van der Waals surface area contributed by atoms with Crippen LogP contribution >= 0.6 is 11.8 Å². The van der Waals surface area contributed by atoms with E-state index in [-0.39, 0.29) is 17.2 Å². The van der Waals surface area contributed by atoms with Crippen molar-refractivity contribution in [3.05, 3.63) is 0 Å². The van der Waals surface area contributed by atoms with E-state index in [0.29, 0.717) is 5.92 Å². The topological polar surface area (TPSA) is 44.5 Å². The molecule has 122 valence electrons. The normalized spacial score (nSPS) is 33.1. The molecule has 0 aromatic heterocycles. The van der Waals surface area contributed by atoms with Crippen molar-refractivity contribution in [3.8, 4) is 0 Å². The molecule has 3 aliphatic rings. The van der Waals surface area contributed by atoms with E-state index in [4.69, 9.17) is 15.2 Å². The van der Waals surface area contributed by atoms with Crippen molar-refractivity contribution in [2.24, 2.45) is 11.7 Å². The minimum absolute atomic E-state index is 0.0403. The van der Waals surface area contributed by atoms with Crippen LogP contribution in [0, 0.1) is 5.92 Å². The molecule has 3 rings (SSSR count). The number of rotatable bonds is 4. The first-order chi connectivity index (χ1) is 10.2. The smallest absolute Gasteiger partial charge is 0.0835 e. The van der Waals surface area contributed by atoms with Crippen molar-refractivity contribution in [2.75, 3.05) is 24.7 Å². The van der Waals surface area contributed by atoms with Crippen molar-refractivity contribution in [1.29, 1.82) is 0 Å². The first kappa shape index (κ1) is 16.1. The van der Waals surface area contributed by atoms with Crippen LogP contribution in [0.5, 0.6) is 0 Å². The molecule has 3 nitrogen and oxygen atoms in total. The van der Waals surface area contributed by atoms with Gasteiger partial charge in [0.05, 0.1) is 11.2 Å². The molecule has 2 heterocycles. The maximum Gasteiger partial charge on any atom is 0.0835 e. The Morgan fingerprint density at radius 2 is 1.95 bits per heavy atom. The molecule has 1 aliphatic carbocycles. The summed E-state index contributed by atoms with van der Waals surface area (Å²) < 4.78 is 12.4. The van der Waals surface area contributed by atoms with Gasteiger partial charge in [0.25, 0.3) is 0 Å². The summed E-state index contributed by atoms with van der Waals surface area (Å²) in [5, 5.41) is 0. The van der Waals surface area contributed by atoms with Crippen LogP contribution in [0.4, 0.5) is 0 Å². The molecule has 3 fully saturated rings. The van der Waals surface area contributed by atoms with E-state index < -0.39 is 0 Å². The summed E-state index contributed by atoms with van der Waals surface area (Å²) in [7, 11) is 0. The van der Waals surface area contributed by atoms with E-state index in [1.54, 1.807) is 0 Å². The molecule has 0 radical (unpaired) electrons. The van der Waals surface area contributed by atoms with Gasteiger partial charge in [-0.1, -0.05) is 12.8 Å². The van der Waals surface area contributed by atoms with E-state index in [0.717, 1.165) is 38.9 Å². The highest BCUT2D eigenvalue weighted by Gasteiger charge is 2.48. The minimum Gasteiger partial charge on any atom is -0.375 e. The zero-order chi connectivity index (χ0) is 14.8. The second-order valence-electron chi connectivity index (χ2n) is 7.13. The third-order valence-corrected chi connectivity index (χ3v) is 6.92. The van der Waals surface area contributed by atoms with E-state index in [9.17, 15) is 0 Å². The SMILES string of the molecule is CCOC1(C(N)C2CCOC3(CCSCC3)C2)CCCC1. The maximum atomic E-state index is 6.78. The van der Waals surface area contributed by atoms with E-state index in [1.165, 1.54) is 37.2 Å². The first-order valence-corrected chi connectivity index (χ1v) is 9.96. The molecular formula is C17H31NO2S. The van der Waals surface area contributed by atoms with Crippen LogP contribution in [0.15, 0.2) is 0 Å². The molecule has 2 unspecified atom stereocenters. The van der Waals surface area contributed by atoms with Gasteiger partial charge in [0, 0.05) is 19.3 Å². The van der Waals surface area contributed by atoms with Crippen LogP contribution in [-0.2, 0) is 9.47 Å². The zero-order valence-electron chi connectivity index (χ0n) is 13.4. The van der Waals surface area contributed by atoms with Crippen LogP contribution in [0.1, 0.15) is 58.3 Å². The minimum atomic E-state index is -0.0403. The number of nitrogens with two attached hydrogens (primary N) is 1. The Morgan fingerprint density at radius 1 is 1.24 bits per heavy atom. The highest BCUT2D eigenvalue weighted by atomic mass is 32.2. The Bertz CT molecular complexity index is 332. The summed E-state index contributed by atoms with van der Waals surface area (Å²) >= 11 is 2.07. The standard InChI is InChI=1S/C17H31NO2S/c1-2-19-17(6-3-4-7-17)15(18)14-5-10-20-16(13-14)8-11-21-12-9-16/h14-15H,2-13,18H2,1H3. The summed E-state index contributed by atoms with van der Waals surface area (Å²) in [5.74, 6) is 3.07. The monoisotopic (exact) mass is 313 g/mol. The van der Waals surface area contributed by atoms with Crippen molar-refractivity contribution >= 4 is 11.8 Å². The number of hydrogen-bond donors (Lipinski definition) is 1. The molecule has 0 aromatic carbocycles. The molecule has 2 aliphatic heterocycles. The molecule has 0 bridgehead atoms. The van der Waals surface area contributed by atoms with Gasteiger partial charge in [0.1, 0.15) is 0 Å². The van der Waals surface area contributed by atoms with Crippen LogP contribution in [0.25, 0.3) is 0 Å².